The number of benzene rings is 3. The molecule has 0 amide bonds. The van der Waals surface area contributed by atoms with Gasteiger partial charge in [-0.25, -0.2) is 0 Å². The van der Waals surface area contributed by atoms with Crippen molar-refractivity contribution in [1.29, 1.82) is 0 Å². The van der Waals surface area contributed by atoms with Crippen molar-refractivity contribution in [3.8, 4) is 17.2 Å². The van der Waals surface area contributed by atoms with Crippen LogP contribution >= 0.6 is 7.92 Å². The Bertz CT molecular complexity index is 971. The Kier molecular flexibility index (Phi) is 14.9. The van der Waals surface area contributed by atoms with Crippen LogP contribution in [-0.4, -0.2) is 20.3 Å². The second-order valence-electron chi connectivity index (χ2n) is 10.3. The molecule has 3 aromatic rings. The average Bonchev–Trinajstić information content (AvgIpc) is 2.98. The molecule has 0 radical (unpaired) electrons. The molecule has 0 aliphatic rings. The molecule has 3 rings (SSSR count). The maximum atomic E-state index is 6.06. The molecule has 39 heavy (non-hydrogen) atoms. The third kappa shape index (κ3) is 11.2. The lowest BCUT2D eigenvalue weighted by Crippen LogP contribution is -2.20. The predicted molar refractivity (Wildman–Crippen MR) is 169 cm³/mol. The van der Waals surface area contributed by atoms with Crippen LogP contribution in [0.25, 0.3) is 0 Å². The maximum Gasteiger partial charge on any atom is 0.119 e. The summed E-state index contributed by atoms with van der Waals surface area (Å²) in [6.45, 7) is 6.09. The summed E-state index contributed by atoms with van der Waals surface area (Å²) in [6, 6.07) is 25.9. The molecular formula is C35H49O3P. The number of methoxy groups -OCH3 is 1. The zero-order valence-corrected chi connectivity index (χ0v) is 25.4. The first-order valence-corrected chi connectivity index (χ1v) is 16.5. The average molecular weight is 549 g/mol. The highest BCUT2D eigenvalue weighted by Crippen LogP contribution is 2.35. The Morgan fingerprint density at radius 2 is 0.949 bits per heavy atom. The van der Waals surface area contributed by atoms with E-state index in [0.717, 1.165) is 43.3 Å². The van der Waals surface area contributed by atoms with Crippen molar-refractivity contribution in [1.82, 2.24) is 0 Å². The third-order valence-corrected chi connectivity index (χ3v) is 9.46. The first-order chi connectivity index (χ1) is 19.2. The van der Waals surface area contributed by atoms with Crippen LogP contribution in [0.15, 0.2) is 72.8 Å². The van der Waals surface area contributed by atoms with Gasteiger partial charge in [-0.2, -0.15) is 0 Å². The van der Waals surface area contributed by atoms with Crippen LogP contribution in [-0.2, 0) is 0 Å². The Hall–Kier alpha value is -2.51. The van der Waals surface area contributed by atoms with Gasteiger partial charge in [0, 0.05) is 0 Å². The summed E-state index contributed by atoms with van der Waals surface area (Å²) in [4.78, 5) is 0. The molecule has 4 heteroatoms. The second-order valence-corrected chi connectivity index (χ2v) is 12.5. The van der Waals surface area contributed by atoms with E-state index in [9.17, 15) is 0 Å². The van der Waals surface area contributed by atoms with Gasteiger partial charge in [-0.3, -0.25) is 0 Å². The second kappa shape index (κ2) is 18.7. The fourth-order valence-electron chi connectivity index (χ4n) is 4.72. The first kappa shape index (κ1) is 31.0. The molecule has 212 valence electrons. The molecule has 0 heterocycles. The lowest BCUT2D eigenvalue weighted by Gasteiger charge is -2.20. The summed E-state index contributed by atoms with van der Waals surface area (Å²) in [5.41, 5.74) is 0. The van der Waals surface area contributed by atoms with Gasteiger partial charge in [0.25, 0.3) is 0 Å². The summed E-state index contributed by atoms with van der Waals surface area (Å²) in [5.74, 6) is 2.79. The van der Waals surface area contributed by atoms with Crippen LogP contribution in [0.5, 0.6) is 17.2 Å². The van der Waals surface area contributed by atoms with Crippen LogP contribution in [0.4, 0.5) is 0 Å². The van der Waals surface area contributed by atoms with Crippen molar-refractivity contribution in [2.75, 3.05) is 20.3 Å². The molecule has 0 fully saturated rings. The van der Waals surface area contributed by atoms with Crippen LogP contribution < -0.4 is 30.1 Å². The molecule has 0 aliphatic heterocycles. The summed E-state index contributed by atoms with van der Waals surface area (Å²) in [5, 5.41) is 3.86. The van der Waals surface area contributed by atoms with E-state index in [1.54, 1.807) is 7.11 Å². The molecule has 0 unspecified atom stereocenters. The van der Waals surface area contributed by atoms with Gasteiger partial charge in [-0.1, -0.05) is 114 Å². The standard InChI is InChI=1S/C35H49O3P/c1-4-6-8-10-12-14-27-37-30-19-23-33(24-20-30)39(35-18-16-17-32(29-35)36-3)34-25-21-31(22-26-34)38-28-15-13-11-9-7-5-2/h16-26,29H,4-15,27-28H2,1-3H3. The lowest BCUT2D eigenvalue weighted by molar-refractivity contribution is 0.304. The molecule has 0 bridgehead atoms. The smallest absolute Gasteiger partial charge is 0.119 e. The van der Waals surface area contributed by atoms with Crippen LogP contribution in [0, 0.1) is 0 Å². The van der Waals surface area contributed by atoms with Crippen LogP contribution in [0.1, 0.15) is 90.9 Å². The number of rotatable bonds is 20. The molecule has 0 spiro atoms. The number of unbranched alkanes of at least 4 members (excludes halogenated alkanes) is 10. The Morgan fingerprint density at radius 3 is 1.41 bits per heavy atom. The number of hydrogen-bond donors (Lipinski definition) is 0. The third-order valence-electron chi connectivity index (χ3n) is 7.03. The monoisotopic (exact) mass is 548 g/mol. The van der Waals surface area contributed by atoms with E-state index in [-0.39, 0.29) is 0 Å². The van der Waals surface area contributed by atoms with Gasteiger partial charge in [-0.15, -0.1) is 0 Å². The predicted octanol–water partition coefficient (Wildman–Crippen LogP) is 8.93. The normalized spacial score (nSPS) is 11.1. The van der Waals surface area contributed by atoms with Crippen molar-refractivity contribution >= 4 is 23.8 Å². The Balaban J connectivity index is 1.63. The maximum absolute atomic E-state index is 6.06. The Morgan fingerprint density at radius 1 is 0.487 bits per heavy atom. The molecule has 3 aromatic carbocycles. The topological polar surface area (TPSA) is 27.7 Å². The quantitative estimate of drug-likeness (QED) is 0.104. The van der Waals surface area contributed by atoms with Gasteiger partial charge in [0.05, 0.1) is 20.3 Å². The van der Waals surface area contributed by atoms with Gasteiger partial charge in [0.2, 0.25) is 0 Å². The molecule has 0 N–H and O–H groups in total. The van der Waals surface area contributed by atoms with E-state index < -0.39 is 7.92 Å². The van der Waals surface area contributed by atoms with Gasteiger partial charge < -0.3 is 14.2 Å². The molecule has 3 nitrogen and oxygen atoms in total. The van der Waals surface area contributed by atoms with Crippen LogP contribution in [0.3, 0.4) is 0 Å². The van der Waals surface area contributed by atoms with E-state index in [1.807, 2.05) is 6.07 Å². The van der Waals surface area contributed by atoms with E-state index in [0.29, 0.717) is 0 Å². The first-order valence-electron chi connectivity index (χ1n) is 15.1. The van der Waals surface area contributed by atoms with Crippen molar-refractivity contribution in [2.45, 2.75) is 90.9 Å². The summed E-state index contributed by atoms with van der Waals surface area (Å²) >= 11 is 0. The van der Waals surface area contributed by atoms with Gasteiger partial charge in [0.1, 0.15) is 17.2 Å². The lowest BCUT2D eigenvalue weighted by atomic mass is 10.1. The molecule has 0 aliphatic carbocycles. The molecular weight excluding hydrogens is 499 g/mol. The summed E-state index contributed by atoms with van der Waals surface area (Å²) < 4.78 is 17.7. The van der Waals surface area contributed by atoms with Crippen LogP contribution in [0.2, 0.25) is 0 Å². The minimum Gasteiger partial charge on any atom is -0.497 e. The Labute approximate surface area is 239 Å². The highest BCUT2D eigenvalue weighted by molar-refractivity contribution is 7.79. The van der Waals surface area contributed by atoms with E-state index in [4.69, 9.17) is 14.2 Å². The molecule has 0 saturated carbocycles. The molecule has 0 atom stereocenters. The van der Waals surface area contributed by atoms with Crippen molar-refractivity contribution in [2.24, 2.45) is 0 Å². The highest BCUT2D eigenvalue weighted by Gasteiger charge is 2.17. The number of hydrogen-bond acceptors (Lipinski definition) is 3. The minimum absolute atomic E-state index is 0.733. The fraction of sp³-hybridized carbons (Fsp3) is 0.486. The van der Waals surface area contributed by atoms with E-state index >= 15 is 0 Å². The summed E-state index contributed by atoms with van der Waals surface area (Å²) in [6.07, 6.45) is 15.3. The molecule has 0 aromatic heterocycles. The van der Waals surface area contributed by atoms with Gasteiger partial charge in [-0.05, 0) is 73.1 Å². The largest absolute Gasteiger partial charge is 0.497 e. The zero-order chi connectivity index (χ0) is 27.5. The van der Waals surface area contributed by atoms with E-state index in [2.05, 4.69) is 80.6 Å². The van der Waals surface area contributed by atoms with Crippen molar-refractivity contribution in [3.63, 3.8) is 0 Å². The summed E-state index contributed by atoms with van der Waals surface area (Å²) in [7, 11) is 0.996. The van der Waals surface area contributed by atoms with Crippen molar-refractivity contribution < 1.29 is 14.2 Å². The fourth-order valence-corrected chi connectivity index (χ4v) is 7.00. The minimum atomic E-state index is -0.733. The van der Waals surface area contributed by atoms with Gasteiger partial charge >= 0.3 is 0 Å². The zero-order valence-electron chi connectivity index (χ0n) is 24.5. The van der Waals surface area contributed by atoms with Crippen molar-refractivity contribution in [3.05, 3.63) is 72.8 Å². The van der Waals surface area contributed by atoms with Gasteiger partial charge in [0.15, 0.2) is 0 Å². The molecule has 0 saturated heterocycles. The number of ether oxygens (including phenoxy) is 3. The van der Waals surface area contributed by atoms with E-state index in [1.165, 1.54) is 80.1 Å². The SMILES string of the molecule is CCCCCCCCOc1ccc(P(c2ccc(OCCCCCCCC)cc2)c2cccc(OC)c2)cc1. The highest BCUT2D eigenvalue weighted by atomic mass is 31.1.